The quantitative estimate of drug-likeness (QED) is 0.825. The van der Waals surface area contributed by atoms with Crippen LogP contribution in [0.3, 0.4) is 0 Å². The molecule has 0 aliphatic carbocycles. The smallest absolute Gasteiger partial charge is 0.308 e. The van der Waals surface area contributed by atoms with Crippen molar-refractivity contribution in [1.82, 2.24) is 5.32 Å². The van der Waals surface area contributed by atoms with Gasteiger partial charge in [0.15, 0.2) is 0 Å². The maximum atomic E-state index is 11.2. The number of ether oxygens (including phenoxy) is 2. The number of carboxylic acid groups (broad SMARTS) is 1. The van der Waals surface area contributed by atoms with Crippen molar-refractivity contribution in [2.24, 2.45) is 5.92 Å². The third-order valence-electron chi connectivity index (χ3n) is 3.28. The monoisotopic (exact) mass is 267 g/mol. The molecular weight excluding hydrogens is 246 g/mol. The van der Waals surface area contributed by atoms with Gasteiger partial charge in [-0.1, -0.05) is 6.92 Å². The Balaban J connectivity index is 3.32. The van der Waals surface area contributed by atoms with E-state index in [0.29, 0.717) is 11.5 Å². The van der Waals surface area contributed by atoms with Gasteiger partial charge in [-0.05, 0) is 31.7 Å². The highest BCUT2D eigenvalue weighted by molar-refractivity contribution is 5.71. The lowest BCUT2D eigenvalue weighted by Gasteiger charge is -2.24. The zero-order valence-electron chi connectivity index (χ0n) is 12.0. The number of carbonyl (C=O) groups is 1. The molecule has 0 saturated carbocycles. The summed E-state index contributed by atoms with van der Waals surface area (Å²) in [6, 6.07) is 3.34. The van der Waals surface area contributed by atoms with E-state index in [1.807, 2.05) is 19.1 Å². The molecule has 0 aromatic heterocycles. The van der Waals surface area contributed by atoms with Crippen molar-refractivity contribution in [1.29, 1.82) is 0 Å². The Bertz CT molecular complexity index is 459. The van der Waals surface area contributed by atoms with Crippen LogP contribution in [-0.2, 0) is 4.79 Å². The van der Waals surface area contributed by atoms with E-state index >= 15 is 0 Å². The summed E-state index contributed by atoms with van der Waals surface area (Å²) < 4.78 is 10.6. The molecule has 0 aliphatic heterocycles. The fourth-order valence-corrected chi connectivity index (χ4v) is 2.13. The summed E-state index contributed by atoms with van der Waals surface area (Å²) in [6.45, 7) is 3.58. The molecule has 2 N–H and O–H groups in total. The Morgan fingerprint density at radius 1 is 1.26 bits per heavy atom. The molecule has 2 unspecified atom stereocenters. The highest BCUT2D eigenvalue weighted by Crippen LogP contribution is 2.35. The van der Waals surface area contributed by atoms with Gasteiger partial charge in [0.25, 0.3) is 0 Å². The van der Waals surface area contributed by atoms with Crippen molar-refractivity contribution in [3.05, 3.63) is 23.3 Å². The van der Waals surface area contributed by atoms with Crippen LogP contribution < -0.4 is 14.8 Å². The lowest BCUT2D eigenvalue weighted by atomic mass is 9.93. The zero-order valence-corrected chi connectivity index (χ0v) is 12.0. The van der Waals surface area contributed by atoms with Crippen LogP contribution in [0.1, 0.15) is 24.1 Å². The minimum atomic E-state index is -0.860. The maximum absolute atomic E-state index is 11.2. The number of aryl methyl sites for hydroxylation is 1. The van der Waals surface area contributed by atoms with Crippen molar-refractivity contribution in [3.8, 4) is 11.5 Å². The Kier molecular flexibility index (Phi) is 5.18. The largest absolute Gasteiger partial charge is 0.496 e. The fraction of sp³-hybridized carbons (Fsp3) is 0.500. The van der Waals surface area contributed by atoms with Crippen LogP contribution in [-0.4, -0.2) is 32.3 Å². The van der Waals surface area contributed by atoms with E-state index in [2.05, 4.69) is 5.32 Å². The van der Waals surface area contributed by atoms with E-state index in [4.69, 9.17) is 9.47 Å². The van der Waals surface area contributed by atoms with Gasteiger partial charge < -0.3 is 19.9 Å². The van der Waals surface area contributed by atoms with E-state index in [1.54, 1.807) is 28.2 Å². The van der Waals surface area contributed by atoms with Crippen LogP contribution in [0.5, 0.6) is 11.5 Å². The summed E-state index contributed by atoms with van der Waals surface area (Å²) >= 11 is 0. The minimum absolute atomic E-state index is 0.345. The van der Waals surface area contributed by atoms with Gasteiger partial charge in [-0.15, -0.1) is 0 Å². The van der Waals surface area contributed by atoms with E-state index in [1.165, 1.54) is 0 Å². The van der Waals surface area contributed by atoms with Gasteiger partial charge in [-0.25, -0.2) is 0 Å². The van der Waals surface area contributed by atoms with Gasteiger partial charge in [0, 0.05) is 11.6 Å². The van der Waals surface area contributed by atoms with Gasteiger partial charge in [0.05, 0.1) is 20.1 Å². The van der Waals surface area contributed by atoms with Crippen molar-refractivity contribution < 1.29 is 19.4 Å². The molecule has 1 aromatic rings. The van der Waals surface area contributed by atoms with Gasteiger partial charge in [-0.3, -0.25) is 4.79 Å². The number of rotatable bonds is 6. The lowest BCUT2D eigenvalue weighted by Crippen LogP contribution is -2.29. The van der Waals surface area contributed by atoms with Crippen LogP contribution >= 0.6 is 0 Å². The Morgan fingerprint density at radius 2 is 1.84 bits per heavy atom. The first-order chi connectivity index (χ1) is 8.96. The van der Waals surface area contributed by atoms with E-state index in [-0.39, 0.29) is 6.04 Å². The molecule has 0 saturated heterocycles. The molecule has 0 spiro atoms. The van der Waals surface area contributed by atoms with Crippen molar-refractivity contribution in [2.45, 2.75) is 19.9 Å². The number of methoxy groups -OCH3 is 2. The summed E-state index contributed by atoms with van der Waals surface area (Å²) in [4.78, 5) is 11.2. The molecule has 5 nitrogen and oxygen atoms in total. The SMILES string of the molecule is CNC(c1cc(OC)c(C)cc1OC)C(C)C(=O)O. The Hall–Kier alpha value is -1.75. The molecule has 0 radical (unpaired) electrons. The predicted molar refractivity (Wildman–Crippen MR) is 72.9 cm³/mol. The van der Waals surface area contributed by atoms with Crippen molar-refractivity contribution in [2.75, 3.05) is 21.3 Å². The van der Waals surface area contributed by atoms with Crippen LogP contribution in [0.25, 0.3) is 0 Å². The zero-order chi connectivity index (χ0) is 14.6. The third-order valence-corrected chi connectivity index (χ3v) is 3.28. The molecule has 0 heterocycles. The number of nitrogens with one attached hydrogen (secondary N) is 1. The molecule has 1 aromatic carbocycles. The average molecular weight is 267 g/mol. The molecule has 1 rings (SSSR count). The van der Waals surface area contributed by atoms with Crippen molar-refractivity contribution in [3.63, 3.8) is 0 Å². The highest BCUT2D eigenvalue weighted by Gasteiger charge is 2.27. The third kappa shape index (κ3) is 3.17. The molecule has 106 valence electrons. The fourth-order valence-electron chi connectivity index (χ4n) is 2.13. The maximum Gasteiger partial charge on any atom is 0.308 e. The standard InChI is InChI=1S/C14H21NO4/c1-8-6-12(19-5)10(7-11(8)18-4)13(15-3)9(2)14(16)17/h6-7,9,13,15H,1-5H3,(H,16,17). The molecule has 0 bridgehead atoms. The first-order valence-electron chi connectivity index (χ1n) is 6.08. The molecule has 0 amide bonds. The topological polar surface area (TPSA) is 67.8 Å². The second-order valence-corrected chi connectivity index (χ2v) is 4.46. The lowest BCUT2D eigenvalue weighted by molar-refractivity contribution is -0.142. The van der Waals surface area contributed by atoms with Crippen LogP contribution in [0.2, 0.25) is 0 Å². The Labute approximate surface area is 113 Å². The molecular formula is C14H21NO4. The summed E-state index contributed by atoms with van der Waals surface area (Å²) in [7, 11) is 4.90. The Morgan fingerprint density at radius 3 is 2.26 bits per heavy atom. The number of benzene rings is 1. The van der Waals surface area contributed by atoms with Crippen LogP contribution in [0.4, 0.5) is 0 Å². The summed E-state index contributed by atoms with van der Waals surface area (Å²) in [5, 5.41) is 12.2. The number of aliphatic carboxylic acids is 1. The van der Waals surface area contributed by atoms with Crippen LogP contribution in [0.15, 0.2) is 12.1 Å². The molecule has 19 heavy (non-hydrogen) atoms. The van der Waals surface area contributed by atoms with Gasteiger partial charge >= 0.3 is 5.97 Å². The number of hydrogen-bond donors (Lipinski definition) is 2. The minimum Gasteiger partial charge on any atom is -0.496 e. The van der Waals surface area contributed by atoms with E-state index in [9.17, 15) is 9.90 Å². The second kappa shape index (κ2) is 6.43. The first kappa shape index (κ1) is 15.3. The first-order valence-corrected chi connectivity index (χ1v) is 6.08. The number of hydrogen-bond acceptors (Lipinski definition) is 4. The molecule has 2 atom stereocenters. The normalized spacial score (nSPS) is 13.7. The van der Waals surface area contributed by atoms with Gasteiger partial charge in [0.2, 0.25) is 0 Å². The molecule has 5 heteroatoms. The van der Waals surface area contributed by atoms with Crippen molar-refractivity contribution >= 4 is 5.97 Å². The second-order valence-electron chi connectivity index (χ2n) is 4.46. The van der Waals surface area contributed by atoms with E-state index in [0.717, 1.165) is 11.1 Å². The van der Waals surface area contributed by atoms with Crippen LogP contribution in [0, 0.1) is 12.8 Å². The predicted octanol–water partition coefficient (Wildman–Crippen LogP) is 1.99. The summed E-state index contributed by atoms with van der Waals surface area (Å²) in [5.41, 5.74) is 1.73. The molecule has 0 aliphatic rings. The summed E-state index contributed by atoms with van der Waals surface area (Å²) in [6.07, 6.45) is 0. The van der Waals surface area contributed by atoms with Gasteiger partial charge in [-0.2, -0.15) is 0 Å². The average Bonchev–Trinajstić information content (AvgIpc) is 2.40. The highest BCUT2D eigenvalue weighted by atomic mass is 16.5. The van der Waals surface area contributed by atoms with E-state index < -0.39 is 11.9 Å². The molecule has 0 fully saturated rings. The number of carboxylic acids is 1. The summed E-state index contributed by atoms with van der Waals surface area (Å²) in [5.74, 6) is -0.0633. The van der Waals surface area contributed by atoms with Gasteiger partial charge in [0.1, 0.15) is 11.5 Å².